The molecule has 38 heavy (non-hydrogen) atoms. The number of rotatable bonds is 12. The van der Waals surface area contributed by atoms with Crippen LogP contribution in [0.3, 0.4) is 0 Å². The fourth-order valence-electron chi connectivity index (χ4n) is 4.58. The number of hydrogen-bond acceptors (Lipinski definition) is 7. The summed E-state index contributed by atoms with van der Waals surface area (Å²) in [7, 11) is 1.64. The fraction of sp³-hybridized carbons (Fsp3) is 0.400. The Morgan fingerprint density at radius 3 is 2.45 bits per heavy atom. The van der Waals surface area contributed by atoms with Gasteiger partial charge in [0.15, 0.2) is 11.5 Å². The smallest absolute Gasteiger partial charge is 0.272 e. The Morgan fingerprint density at radius 2 is 1.74 bits per heavy atom. The molecule has 2 heterocycles. The van der Waals surface area contributed by atoms with E-state index in [9.17, 15) is 9.90 Å². The largest absolute Gasteiger partial charge is 0.493 e. The number of methoxy groups -OCH3 is 1. The highest BCUT2D eigenvalue weighted by Gasteiger charge is 2.33. The van der Waals surface area contributed by atoms with Gasteiger partial charge in [-0.1, -0.05) is 30.3 Å². The number of benzene rings is 2. The van der Waals surface area contributed by atoms with Gasteiger partial charge in [-0.15, -0.1) is 0 Å². The van der Waals surface area contributed by atoms with Gasteiger partial charge in [0.2, 0.25) is 0 Å². The van der Waals surface area contributed by atoms with Gasteiger partial charge in [-0.05, 0) is 65.3 Å². The molecule has 200 valence electrons. The molecule has 0 bridgehead atoms. The van der Waals surface area contributed by atoms with Crippen LogP contribution in [-0.4, -0.2) is 65.5 Å². The number of amides is 1. The van der Waals surface area contributed by atoms with Crippen molar-refractivity contribution in [2.75, 3.05) is 33.4 Å². The lowest BCUT2D eigenvalue weighted by Crippen LogP contribution is -2.48. The Hall–Kier alpha value is -3.46. The maximum atomic E-state index is 12.9. The van der Waals surface area contributed by atoms with E-state index in [1.54, 1.807) is 30.3 Å². The molecule has 1 saturated heterocycles. The fourth-order valence-corrected chi connectivity index (χ4v) is 4.58. The van der Waals surface area contributed by atoms with Crippen molar-refractivity contribution in [1.29, 1.82) is 0 Å². The third kappa shape index (κ3) is 6.32. The van der Waals surface area contributed by atoms with Gasteiger partial charge >= 0.3 is 0 Å². The van der Waals surface area contributed by atoms with Crippen molar-refractivity contribution >= 4 is 5.91 Å². The molecule has 1 atom stereocenters. The minimum atomic E-state index is -0.917. The zero-order valence-corrected chi connectivity index (χ0v) is 21.6. The molecule has 5 rings (SSSR count). The van der Waals surface area contributed by atoms with Crippen molar-refractivity contribution in [3.63, 3.8) is 0 Å². The van der Waals surface area contributed by atoms with E-state index in [0.29, 0.717) is 36.9 Å². The Balaban J connectivity index is 1.14. The molecule has 2 N–H and O–H groups in total. The lowest BCUT2D eigenvalue weighted by Gasteiger charge is -2.39. The van der Waals surface area contributed by atoms with Crippen LogP contribution < -0.4 is 9.47 Å². The average molecular weight is 519 g/mol. The van der Waals surface area contributed by atoms with Crippen LogP contribution in [0.2, 0.25) is 0 Å². The predicted octanol–water partition coefficient (Wildman–Crippen LogP) is 3.66. The molecule has 1 unspecified atom stereocenters. The molecule has 0 radical (unpaired) electrons. The maximum absolute atomic E-state index is 12.9. The first-order valence-electron chi connectivity index (χ1n) is 13.0. The Morgan fingerprint density at radius 1 is 0.974 bits per heavy atom. The van der Waals surface area contributed by atoms with Gasteiger partial charge in [0.1, 0.15) is 18.4 Å². The first-order chi connectivity index (χ1) is 18.5. The van der Waals surface area contributed by atoms with Crippen LogP contribution in [0.5, 0.6) is 11.5 Å². The Bertz CT molecular complexity index is 1240. The minimum Gasteiger partial charge on any atom is -0.493 e. The highest BCUT2D eigenvalue weighted by atomic mass is 16.5. The van der Waals surface area contributed by atoms with Gasteiger partial charge in [-0.2, -0.15) is 0 Å². The van der Waals surface area contributed by atoms with Crippen molar-refractivity contribution in [2.24, 2.45) is 0 Å². The zero-order valence-electron chi connectivity index (χ0n) is 21.6. The molecule has 1 aromatic heterocycles. The molecule has 0 spiro atoms. The van der Waals surface area contributed by atoms with Gasteiger partial charge in [0.25, 0.3) is 5.91 Å². The molecular formula is C30H34N2O6. The minimum absolute atomic E-state index is 0.0245. The van der Waals surface area contributed by atoms with Crippen LogP contribution in [0.4, 0.5) is 0 Å². The lowest BCUT2D eigenvalue weighted by molar-refractivity contribution is -0.0000165. The second-order valence-electron chi connectivity index (χ2n) is 10.0. The van der Waals surface area contributed by atoms with E-state index in [1.165, 1.54) is 18.4 Å². The van der Waals surface area contributed by atoms with Crippen molar-refractivity contribution in [3.05, 3.63) is 88.7 Å². The first-order valence-corrected chi connectivity index (χ1v) is 13.0. The molecule has 1 aliphatic heterocycles. The number of ether oxygens (including phenoxy) is 3. The van der Waals surface area contributed by atoms with Crippen LogP contribution in [-0.2, 0) is 18.0 Å². The number of aliphatic hydroxyl groups is 2. The number of carbonyl (C=O) groups is 1. The summed E-state index contributed by atoms with van der Waals surface area (Å²) < 4.78 is 17.1. The third-order valence-electron chi connectivity index (χ3n) is 7.08. The van der Waals surface area contributed by atoms with Crippen molar-refractivity contribution in [3.8, 4) is 11.5 Å². The number of aromatic nitrogens is 1. The van der Waals surface area contributed by atoms with Gasteiger partial charge in [0.05, 0.1) is 26.9 Å². The number of nitrogens with zero attached hydrogens (tertiary/aromatic N) is 2. The van der Waals surface area contributed by atoms with Gasteiger partial charge in [-0.25, -0.2) is 0 Å². The second-order valence-corrected chi connectivity index (χ2v) is 10.0. The molecule has 1 amide bonds. The van der Waals surface area contributed by atoms with Gasteiger partial charge in [-0.3, -0.25) is 9.78 Å². The van der Waals surface area contributed by atoms with Crippen molar-refractivity contribution < 1.29 is 29.2 Å². The molecular weight excluding hydrogens is 484 g/mol. The number of aliphatic hydroxyl groups excluding tert-OH is 2. The molecule has 8 heteroatoms. The summed E-state index contributed by atoms with van der Waals surface area (Å²) in [5.74, 6) is 2.21. The summed E-state index contributed by atoms with van der Waals surface area (Å²) in [6, 6.07) is 18.1. The SMILES string of the molecule is COc1cc(C2CN(C(=O)c3cc(COCC(O)CO)ccn3)C2)ccc1OCc1ccc(C2CC2)cc1. The molecule has 2 aromatic carbocycles. The molecule has 8 nitrogen and oxygen atoms in total. The summed E-state index contributed by atoms with van der Waals surface area (Å²) in [6.45, 7) is 1.57. The predicted molar refractivity (Wildman–Crippen MR) is 141 cm³/mol. The standard InChI is InChI=1S/C30H34N2O6/c1-36-29-13-24(8-9-28(29)38-18-20-2-4-22(5-3-20)23-6-7-23)25-14-32(15-25)30(35)27-12-21(10-11-31-27)17-37-19-26(34)16-33/h2-5,8-13,23,25-26,33-34H,6-7,14-19H2,1H3. The second kappa shape index (κ2) is 11.9. The number of likely N-dealkylation sites (tertiary alicyclic amines) is 1. The summed E-state index contributed by atoms with van der Waals surface area (Å²) in [5, 5.41) is 18.3. The summed E-state index contributed by atoms with van der Waals surface area (Å²) >= 11 is 0. The molecule has 1 aliphatic carbocycles. The molecule has 2 aliphatic rings. The maximum Gasteiger partial charge on any atom is 0.272 e. The first kappa shape index (κ1) is 26.2. The molecule has 2 fully saturated rings. The van der Waals surface area contributed by atoms with Crippen LogP contribution in [0.15, 0.2) is 60.8 Å². The van der Waals surface area contributed by atoms with Crippen molar-refractivity contribution in [2.45, 2.75) is 44.0 Å². The number of hydrogen-bond donors (Lipinski definition) is 2. The number of pyridine rings is 1. The van der Waals surface area contributed by atoms with Crippen LogP contribution in [0.25, 0.3) is 0 Å². The Kier molecular flexibility index (Phi) is 8.22. The summed E-state index contributed by atoms with van der Waals surface area (Å²) in [5.41, 5.74) is 4.78. The summed E-state index contributed by atoms with van der Waals surface area (Å²) in [4.78, 5) is 18.9. The average Bonchev–Trinajstić information content (AvgIpc) is 3.77. The van der Waals surface area contributed by atoms with E-state index in [0.717, 1.165) is 22.6 Å². The van der Waals surface area contributed by atoms with Crippen LogP contribution in [0.1, 0.15) is 57.4 Å². The van der Waals surface area contributed by atoms with E-state index in [4.69, 9.17) is 19.3 Å². The summed E-state index contributed by atoms with van der Waals surface area (Å²) in [6.07, 6.45) is 3.26. The normalized spacial score (nSPS) is 16.1. The molecule has 1 saturated carbocycles. The highest BCUT2D eigenvalue weighted by molar-refractivity contribution is 5.93. The van der Waals surface area contributed by atoms with Gasteiger partial charge < -0.3 is 29.3 Å². The number of carbonyl (C=O) groups excluding carboxylic acids is 1. The third-order valence-corrected chi connectivity index (χ3v) is 7.08. The van der Waals surface area contributed by atoms with E-state index in [1.807, 2.05) is 18.2 Å². The van der Waals surface area contributed by atoms with E-state index < -0.39 is 6.10 Å². The topological polar surface area (TPSA) is 101 Å². The van der Waals surface area contributed by atoms with E-state index >= 15 is 0 Å². The monoisotopic (exact) mass is 518 g/mol. The van der Waals surface area contributed by atoms with Crippen LogP contribution >= 0.6 is 0 Å². The molecule has 3 aromatic rings. The van der Waals surface area contributed by atoms with E-state index in [-0.39, 0.29) is 31.6 Å². The Labute approximate surface area is 222 Å². The quantitative estimate of drug-likeness (QED) is 0.377. The highest BCUT2D eigenvalue weighted by Crippen LogP contribution is 2.40. The van der Waals surface area contributed by atoms with Crippen molar-refractivity contribution in [1.82, 2.24) is 9.88 Å². The van der Waals surface area contributed by atoms with Crippen LogP contribution in [0, 0.1) is 0 Å². The van der Waals surface area contributed by atoms with Gasteiger partial charge in [0, 0.05) is 25.2 Å². The lowest BCUT2D eigenvalue weighted by atomic mass is 9.91. The van der Waals surface area contributed by atoms with E-state index in [2.05, 4.69) is 29.2 Å². The zero-order chi connectivity index (χ0) is 26.5.